The highest BCUT2D eigenvalue weighted by atomic mass is 16.4. The van der Waals surface area contributed by atoms with Crippen LogP contribution in [0.1, 0.15) is 17.5 Å². The summed E-state index contributed by atoms with van der Waals surface area (Å²) in [5.74, 6) is -1.27. The van der Waals surface area contributed by atoms with Crippen molar-refractivity contribution in [2.75, 3.05) is 18.4 Å². The van der Waals surface area contributed by atoms with Crippen molar-refractivity contribution in [1.82, 2.24) is 4.90 Å². The number of rotatable bonds is 2. The summed E-state index contributed by atoms with van der Waals surface area (Å²) < 4.78 is 0. The van der Waals surface area contributed by atoms with Crippen molar-refractivity contribution in [3.05, 3.63) is 29.3 Å². The van der Waals surface area contributed by atoms with Gasteiger partial charge in [-0.1, -0.05) is 18.2 Å². The lowest BCUT2D eigenvalue weighted by Gasteiger charge is -2.19. The number of carbonyl (C=O) groups excluding carboxylic acids is 1. The molecule has 2 N–H and O–H groups in total. The number of hydrogen-bond donors (Lipinski definition) is 2. The summed E-state index contributed by atoms with van der Waals surface area (Å²) in [6, 6.07) is 5.59. The summed E-state index contributed by atoms with van der Waals surface area (Å²) in [6.45, 7) is 4.65. The Morgan fingerprint density at radius 1 is 1.32 bits per heavy atom. The molecule has 2 rings (SSSR count). The Kier molecular flexibility index (Phi) is 3.74. The maximum absolute atomic E-state index is 12.1. The monoisotopic (exact) mass is 262 g/mol. The minimum atomic E-state index is -0.831. The first kappa shape index (κ1) is 13.4. The molecule has 0 bridgehead atoms. The Labute approximate surface area is 112 Å². The van der Waals surface area contributed by atoms with Gasteiger partial charge in [0, 0.05) is 18.8 Å². The van der Waals surface area contributed by atoms with Gasteiger partial charge < -0.3 is 15.3 Å². The maximum Gasteiger partial charge on any atom is 0.321 e. The molecule has 0 radical (unpaired) electrons. The van der Waals surface area contributed by atoms with Crippen molar-refractivity contribution in [3.63, 3.8) is 0 Å². The van der Waals surface area contributed by atoms with E-state index < -0.39 is 11.9 Å². The van der Waals surface area contributed by atoms with Crippen LogP contribution in [0.15, 0.2) is 18.2 Å². The standard InChI is InChI=1S/C14H18N2O3/c1-9-4-3-5-10(2)12(9)15-14(19)16-7-6-11(8-16)13(17)18/h3-5,11H,6-8H2,1-2H3,(H,15,19)(H,17,18). The highest BCUT2D eigenvalue weighted by Gasteiger charge is 2.31. The lowest BCUT2D eigenvalue weighted by atomic mass is 10.1. The smallest absolute Gasteiger partial charge is 0.321 e. The zero-order chi connectivity index (χ0) is 14.0. The van der Waals surface area contributed by atoms with Gasteiger partial charge in [-0.05, 0) is 31.4 Å². The van der Waals surface area contributed by atoms with E-state index in [1.807, 2.05) is 32.0 Å². The van der Waals surface area contributed by atoms with Crippen LogP contribution in [-0.4, -0.2) is 35.1 Å². The number of aliphatic carboxylic acids is 1. The van der Waals surface area contributed by atoms with Gasteiger partial charge >= 0.3 is 12.0 Å². The first-order valence-corrected chi connectivity index (χ1v) is 6.34. The number of urea groups is 1. The fraction of sp³-hybridized carbons (Fsp3) is 0.429. The normalized spacial score (nSPS) is 18.4. The van der Waals surface area contributed by atoms with Gasteiger partial charge in [0.2, 0.25) is 0 Å². The molecule has 1 heterocycles. The van der Waals surface area contributed by atoms with E-state index in [-0.39, 0.29) is 12.6 Å². The molecule has 1 unspecified atom stereocenters. The molecule has 0 saturated carbocycles. The summed E-state index contributed by atoms with van der Waals surface area (Å²) in [5.41, 5.74) is 2.82. The van der Waals surface area contributed by atoms with Gasteiger partial charge in [0.1, 0.15) is 0 Å². The first-order chi connectivity index (χ1) is 8.99. The molecular weight excluding hydrogens is 244 g/mol. The molecule has 19 heavy (non-hydrogen) atoms. The highest BCUT2D eigenvalue weighted by molar-refractivity contribution is 5.91. The van der Waals surface area contributed by atoms with Gasteiger partial charge in [-0.2, -0.15) is 0 Å². The van der Waals surface area contributed by atoms with Crippen LogP contribution in [0, 0.1) is 19.8 Å². The predicted octanol–water partition coefficient (Wildman–Crippen LogP) is 2.24. The third kappa shape index (κ3) is 2.86. The molecule has 5 heteroatoms. The van der Waals surface area contributed by atoms with Gasteiger partial charge in [-0.25, -0.2) is 4.79 Å². The Balaban J connectivity index is 2.04. The van der Waals surface area contributed by atoms with E-state index in [9.17, 15) is 9.59 Å². The number of hydrogen-bond acceptors (Lipinski definition) is 2. The van der Waals surface area contributed by atoms with Crippen LogP contribution in [-0.2, 0) is 4.79 Å². The van der Waals surface area contributed by atoms with Crippen molar-refractivity contribution in [3.8, 4) is 0 Å². The molecule has 0 aliphatic carbocycles. The molecule has 1 saturated heterocycles. The van der Waals surface area contributed by atoms with Crippen molar-refractivity contribution in [2.45, 2.75) is 20.3 Å². The Morgan fingerprint density at radius 2 is 1.95 bits per heavy atom. The van der Waals surface area contributed by atoms with Crippen LogP contribution in [0.3, 0.4) is 0 Å². The molecule has 1 atom stereocenters. The number of anilines is 1. The van der Waals surface area contributed by atoms with Crippen molar-refractivity contribution < 1.29 is 14.7 Å². The Morgan fingerprint density at radius 3 is 2.47 bits per heavy atom. The number of nitrogens with zero attached hydrogens (tertiary/aromatic N) is 1. The summed E-state index contributed by atoms with van der Waals surface area (Å²) in [7, 11) is 0. The van der Waals surface area contributed by atoms with E-state index in [4.69, 9.17) is 5.11 Å². The second kappa shape index (κ2) is 5.30. The number of carboxylic acids is 1. The predicted molar refractivity (Wildman–Crippen MR) is 72.3 cm³/mol. The third-order valence-electron chi connectivity index (χ3n) is 3.54. The fourth-order valence-electron chi connectivity index (χ4n) is 2.34. The summed E-state index contributed by atoms with van der Waals surface area (Å²) >= 11 is 0. The van der Waals surface area contributed by atoms with Crippen molar-refractivity contribution >= 4 is 17.7 Å². The largest absolute Gasteiger partial charge is 0.481 e. The first-order valence-electron chi connectivity index (χ1n) is 6.34. The Hall–Kier alpha value is -2.04. The van der Waals surface area contributed by atoms with Crippen molar-refractivity contribution in [1.29, 1.82) is 0 Å². The van der Waals surface area contributed by atoms with Crippen LogP contribution in [0.4, 0.5) is 10.5 Å². The van der Waals surface area contributed by atoms with Crippen LogP contribution in [0.25, 0.3) is 0 Å². The zero-order valence-electron chi connectivity index (χ0n) is 11.1. The molecule has 1 aliphatic heterocycles. The number of nitrogens with one attached hydrogen (secondary N) is 1. The number of para-hydroxylation sites is 1. The summed E-state index contributed by atoms with van der Waals surface area (Å²) in [5, 5.41) is 11.8. The highest BCUT2D eigenvalue weighted by Crippen LogP contribution is 2.22. The molecule has 0 aromatic heterocycles. The quantitative estimate of drug-likeness (QED) is 0.858. The SMILES string of the molecule is Cc1cccc(C)c1NC(=O)N1CCC(C(=O)O)C1. The van der Waals surface area contributed by atoms with E-state index >= 15 is 0 Å². The minimum Gasteiger partial charge on any atom is -0.481 e. The summed E-state index contributed by atoms with van der Waals surface area (Å²) in [4.78, 5) is 24.5. The third-order valence-corrected chi connectivity index (χ3v) is 3.54. The average molecular weight is 262 g/mol. The summed E-state index contributed by atoms with van der Waals surface area (Å²) in [6.07, 6.45) is 0.523. The number of likely N-dealkylation sites (tertiary alicyclic amines) is 1. The van der Waals surface area contributed by atoms with Gasteiger partial charge in [-0.3, -0.25) is 4.79 Å². The second-order valence-electron chi connectivity index (χ2n) is 4.97. The molecule has 5 nitrogen and oxygen atoms in total. The van der Waals surface area contributed by atoms with E-state index in [0.29, 0.717) is 13.0 Å². The molecule has 1 aromatic rings. The molecular formula is C14H18N2O3. The van der Waals surface area contributed by atoms with Gasteiger partial charge in [0.05, 0.1) is 5.92 Å². The zero-order valence-corrected chi connectivity index (χ0v) is 11.1. The number of aryl methyl sites for hydroxylation is 2. The number of amides is 2. The molecule has 2 amide bonds. The molecule has 1 fully saturated rings. The van der Waals surface area contributed by atoms with Gasteiger partial charge in [0.25, 0.3) is 0 Å². The Bertz CT molecular complexity index is 493. The van der Waals surface area contributed by atoms with Gasteiger partial charge in [-0.15, -0.1) is 0 Å². The van der Waals surface area contributed by atoms with Crippen molar-refractivity contribution in [2.24, 2.45) is 5.92 Å². The van der Waals surface area contributed by atoms with E-state index in [1.165, 1.54) is 0 Å². The van der Waals surface area contributed by atoms with Gasteiger partial charge in [0.15, 0.2) is 0 Å². The topological polar surface area (TPSA) is 69.6 Å². The van der Waals surface area contributed by atoms with Crippen LogP contribution in [0.5, 0.6) is 0 Å². The fourth-order valence-corrected chi connectivity index (χ4v) is 2.34. The molecule has 1 aromatic carbocycles. The van der Waals surface area contributed by atoms with E-state index in [0.717, 1.165) is 16.8 Å². The van der Waals surface area contributed by atoms with Crippen LogP contribution >= 0.6 is 0 Å². The second-order valence-corrected chi connectivity index (χ2v) is 4.97. The lowest BCUT2D eigenvalue weighted by Crippen LogP contribution is -2.34. The average Bonchev–Trinajstić information content (AvgIpc) is 2.83. The van der Waals surface area contributed by atoms with Crippen LogP contribution in [0.2, 0.25) is 0 Å². The number of benzene rings is 1. The maximum atomic E-state index is 12.1. The molecule has 1 aliphatic rings. The lowest BCUT2D eigenvalue weighted by molar-refractivity contribution is -0.141. The van der Waals surface area contributed by atoms with E-state index in [2.05, 4.69) is 5.32 Å². The number of carboxylic acid groups (broad SMARTS) is 1. The van der Waals surface area contributed by atoms with E-state index in [1.54, 1.807) is 4.90 Å². The molecule has 102 valence electrons. The number of carbonyl (C=O) groups is 2. The minimum absolute atomic E-state index is 0.221. The molecule has 0 spiro atoms. The van der Waals surface area contributed by atoms with Crippen LogP contribution < -0.4 is 5.32 Å².